The fraction of sp³-hybridized carbons (Fsp3) is 0.875. The number of nitrogens with one attached hydrogen (secondary N) is 1. The highest BCUT2D eigenvalue weighted by Crippen LogP contribution is 2.27. The quantitative estimate of drug-likeness (QED) is 0.819. The van der Waals surface area contributed by atoms with Crippen LogP contribution in [0.15, 0.2) is 0 Å². The van der Waals surface area contributed by atoms with Crippen LogP contribution in [0.1, 0.15) is 45.4 Å². The maximum absolute atomic E-state index is 12.4. The summed E-state index contributed by atoms with van der Waals surface area (Å²) in [5, 5.41) is 3.09. The van der Waals surface area contributed by atoms with Gasteiger partial charge in [0, 0.05) is 25.0 Å². The molecule has 0 spiro atoms. The summed E-state index contributed by atoms with van der Waals surface area (Å²) in [6.45, 7) is 2.61. The second-order valence-corrected chi connectivity index (χ2v) is 9.70. The Balaban J connectivity index is 1.54. The summed E-state index contributed by atoms with van der Waals surface area (Å²) in [6.07, 6.45) is 5.02. The Bertz CT molecular complexity index is 581. The van der Waals surface area contributed by atoms with Crippen molar-refractivity contribution < 1.29 is 18.0 Å². The summed E-state index contributed by atoms with van der Waals surface area (Å²) in [6, 6.07) is -0.00413. The second-order valence-electron chi connectivity index (χ2n) is 7.47. The number of sulfone groups is 1. The average molecular weight is 342 g/mol. The monoisotopic (exact) mass is 342 g/mol. The van der Waals surface area contributed by atoms with Crippen LogP contribution in [0.5, 0.6) is 0 Å². The zero-order chi connectivity index (χ0) is 16.6. The van der Waals surface area contributed by atoms with Gasteiger partial charge in [-0.25, -0.2) is 8.42 Å². The normalized spacial score (nSPS) is 37.1. The molecule has 1 N–H and O–H groups in total. The van der Waals surface area contributed by atoms with Gasteiger partial charge in [0.15, 0.2) is 9.84 Å². The highest BCUT2D eigenvalue weighted by Gasteiger charge is 2.42. The molecule has 0 unspecified atom stereocenters. The maximum atomic E-state index is 12.4. The second kappa shape index (κ2) is 6.42. The molecule has 3 rings (SSSR count). The largest absolute Gasteiger partial charge is 0.353 e. The molecule has 3 aliphatic rings. The van der Waals surface area contributed by atoms with E-state index in [1.165, 1.54) is 0 Å². The third kappa shape index (κ3) is 3.87. The average Bonchev–Trinajstić information content (AvgIpc) is 3.04. The van der Waals surface area contributed by atoms with Crippen LogP contribution in [0.25, 0.3) is 0 Å². The first kappa shape index (κ1) is 16.7. The van der Waals surface area contributed by atoms with E-state index in [4.69, 9.17) is 0 Å². The van der Waals surface area contributed by atoms with Crippen LogP contribution in [0.2, 0.25) is 0 Å². The summed E-state index contributed by atoms with van der Waals surface area (Å²) >= 11 is 0. The third-order valence-electron chi connectivity index (χ3n) is 5.54. The molecule has 1 saturated carbocycles. The Labute approximate surface area is 137 Å². The molecule has 23 heavy (non-hydrogen) atoms. The minimum Gasteiger partial charge on any atom is -0.353 e. The molecule has 0 aromatic rings. The van der Waals surface area contributed by atoms with Gasteiger partial charge in [0.05, 0.1) is 17.4 Å². The molecular weight excluding hydrogens is 316 g/mol. The van der Waals surface area contributed by atoms with Crippen LogP contribution in [0, 0.1) is 11.8 Å². The van der Waals surface area contributed by atoms with Gasteiger partial charge in [0.1, 0.15) is 0 Å². The van der Waals surface area contributed by atoms with Gasteiger partial charge in [-0.05, 0) is 38.0 Å². The summed E-state index contributed by atoms with van der Waals surface area (Å²) < 4.78 is 23.2. The van der Waals surface area contributed by atoms with Crippen molar-refractivity contribution in [3.63, 3.8) is 0 Å². The fourth-order valence-corrected chi connectivity index (χ4v) is 5.74. The van der Waals surface area contributed by atoms with Gasteiger partial charge in [0.25, 0.3) is 0 Å². The predicted octanol–water partition coefficient (Wildman–Crippen LogP) is 0.717. The highest BCUT2D eigenvalue weighted by molar-refractivity contribution is 7.91. The topological polar surface area (TPSA) is 83.6 Å². The molecule has 130 valence electrons. The molecule has 0 aromatic heterocycles. The van der Waals surface area contributed by atoms with E-state index in [2.05, 4.69) is 12.2 Å². The number of nitrogens with zero attached hydrogens (tertiary/aromatic N) is 1. The number of likely N-dealkylation sites (tertiary alicyclic amines) is 1. The van der Waals surface area contributed by atoms with Gasteiger partial charge in [-0.2, -0.15) is 0 Å². The summed E-state index contributed by atoms with van der Waals surface area (Å²) in [4.78, 5) is 26.2. The van der Waals surface area contributed by atoms with Gasteiger partial charge < -0.3 is 10.2 Å². The zero-order valence-corrected chi connectivity index (χ0v) is 14.5. The third-order valence-corrected chi connectivity index (χ3v) is 7.29. The number of hydrogen-bond donors (Lipinski definition) is 1. The zero-order valence-electron chi connectivity index (χ0n) is 13.7. The van der Waals surface area contributed by atoms with Gasteiger partial charge in [0.2, 0.25) is 11.8 Å². The van der Waals surface area contributed by atoms with Crippen LogP contribution in [0.4, 0.5) is 0 Å². The van der Waals surface area contributed by atoms with Crippen molar-refractivity contribution in [1.82, 2.24) is 10.2 Å². The Morgan fingerprint density at radius 3 is 2.48 bits per heavy atom. The molecule has 0 bridgehead atoms. The van der Waals surface area contributed by atoms with Crippen molar-refractivity contribution in [1.29, 1.82) is 0 Å². The van der Waals surface area contributed by atoms with Gasteiger partial charge >= 0.3 is 0 Å². The molecule has 3 fully saturated rings. The first-order valence-corrected chi connectivity index (χ1v) is 10.5. The number of amides is 2. The molecule has 2 atom stereocenters. The lowest BCUT2D eigenvalue weighted by Crippen LogP contribution is -2.42. The molecule has 6 nitrogen and oxygen atoms in total. The standard InChI is InChI=1S/C16H26N2O4S/c1-11-2-4-13(5-3-11)17-16(20)12-8-15(19)18(9-12)14-6-7-23(21,22)10-14/h11-14H,2-10H2,1H3,(H,17,20)/t11?,12-,13?,14+/m0/s1. The van der Waals surface area contributed by atoms with E-state index in [-0.39, 0.29) is 47.7 Å². The van der Waals surface area contributed by atoms with Crippen molar-refractivity contribution in [3.8, 4) is 0 Å². The highest BCUT2D eigenvalue weighted by atomic mass is 32.2. The van der Waals surface area contributed by atoms with Crippen LogP contribution in [-0.4, -0.2) is 55.3 Å². The molecule has 2 amide bonds. The number of rotatable bonds is 3. The van der Waals surface area contributed by atoms with Gasteiger partial charge in [-0.1, -0.05) is 6.92 Å². The van der Waals surface area contributed by atoms with Crippen molar-refractivity contribution in [3.05, 3.63) is 0 Å². The van der Waals surface area contributed by atoms with Crippen molar-refractivity contribution in [2.24, 2.45) is 11.8 Å². The molecule has 1 aliphatic carbocycles. The van der Waals surface area contributed by atoms with Crippen LogP contribution in [-0.2, 0) is 19.4 Å². The van der Waals surface area contributed by atoms with Crippen molar-refractivity contribution in [2.75, 3.05) is 18.1 Å². The van der Waals surface area contributed by atoms with Crippen LogP contribution in [0.3, 0.4) is 0 Å². The minimum atomic E-state index is -3.02. The Morgan fingerprint density at radius 1 is 1.17 bits per heavy atom. The van der Waals surface area contributed by atoms with E-state index in [9.17, 15) is 18.0 Å². The summed E-state index contributed by atoms with van der Waals surface area (Å²) in [7, 11) is -3.02. The summed E-state index contributed by atoms with van der Waals surface area (Å²) in [5.41, 5.74) is 0. The molecular formula is C16H26N2O4S. The number of carbonyl (C=O) groups is 2. The van der Waals surface area contributed by atoms with Gasteiger partial charge in [-0.3, -0.25) is 9.59 Å². The Hall–Kier alpha value is -1.11. The van der Waals surface area contributed by atoms with Gasteiger partial charge in [-0.15, -0.1) is 0 Å². The van der Waals surface area contributed by atoms with E-state index in [0.29, 0.717) is 13.0 Å². The number of carbonyl (C=O) groups excluding carboxylic acids is 2. The fourth-order valence-electron chi connectivity index (χ4n) is 4.00. The molecule has 0 radical (unpaired) electrons. The summed E-state index contributed by atoms with van der Waals surface area (Å²) in [5.74, 6) is 0.485. The smallest absolute Gasteiger partial charge is 0.225 e. The van der Waals surface area contributed by atoms with Crippen molar-refractivity contribution in [2.45, 2.75) is 57.5 Å². The van der Waals surface area contributed by atoms with E-state index in [0.717, 1.165) is 31.6 Å². The van der Waals surface area contributed by atoms with Crippen LogP contribution < -0.4 is 5.32 Å². The van der Waals surface area contributed by atoms with Crippen LogP contribution >= 0.6 is 0 Å². The SMILES string of the molecule is CC1CCC(NC(=O)[C@H]2CC(=O)N([C@@H]3CCS(=O)(=O)C3)C2)CC1. The molecule has 2 aliphatic heterocycles. The molecule has 2 heterocycles. The lowest BCUT2D eigenvalue weighted by Gasteiger charge is -2.28. The molecule has 2 saturated heterocycles. The lowest BCUT2D eigenvalue weighted by atomic mass is 9.87. The first-order valence-electron chi connectivity index (χ1n) is 8.64. The van der Waals surface area contributed by atoms with E-state index >= 15 is 0 Å². The predicted molar refractivity (Wildman–Crippen MR) is 86.4 cm³/mol. The van der Waals surface area contributed by atoms with E-state index < -0.39 is 9.84 Å². The Kier molecular flexibility index (Phi) is 4.67. The van der Waals surface area contributed by atoms with E-state index in [1.807, 2.05) is 0 Å². The first-order chi connectivity index (χ1) is 10.8. The number of hydrogen-bond acceptors (Lipinski definition) is 4. The Morgan fingerprint density at radius 2 is 1.87 bits per heavy atom. The van der Waals surface area contributed by atoms with Crippen molar-refractivity contribution >= 4 is 21.7 Å². The molecule has 0 aromatic carbocycles. The maximum Gasteiger partial charge on any atom is 0.225 e. The minimum absolute atomic E-state index is 0.0405. The molecule has 7 heteroatoms. The lowest BCUT2D eigenvalue weighted by molar-refractivity contribution is -0.130. The van der Waals surface area contributed by atoms with E-state index in [1.54, 1.807) is 4.90 Å².